The van der Waals surface area contributed by atoms with Crippen molar-refractivity contribution < 1.29 is 42.6 Å². The van der Waals surface area contributed by atoms with Crippen LogP contribution in [0, 0.1) is 0 Å². The van der Waals surface area contributed by atoms with Gasteiger partial charge in [0, 0.05) is 32.7 Å². The molecule has 1 aliphatic rings. The summed E-state index contributed by atoms with van der Waals surface area (Å²) in [5.41, 5.74) is -3.02. The second-order valence-corrected chi connectivity index (χ2v) is 15.0. The molecule has 2 unspecified atom stereocenters. The van der Waals surface area contributed by atoms with Crippen LogP contribution in [-0.2, 0) is 23.7 Å². The Labute approximate surface area is 252 Å². The zero-order valence-electron chi connectivity index (χ0n) is 28.3. The Kier molecular flexibility index (Phi) is 12.7. The number of rotatable bonds is 2. The maximum absolute atomic E-state index is 14.0. The first-order valence-electron chi connectivity index (χ1n) is 14.8. The van der Waals surface area contributed by atoms with Crippen molar-refractivity contribution in [2.24, 2.45) is 0 Å². The van der Waals surface area contributed by atoms with Gasteiger partial charge in [-0.05, 0) is 90.0 Å². The summed E-state index contributed by atoms with van der Waals surface area (Å²) in [5.74, 6) is -0.549. The Morgan fingerprint density at radius 3 is 1.60 bits per heavy atom. The van der Waals surface area contributed by atoms with E-state index in [0.29, 0.717) is 19.6 Å². The molecule has 0 radical (unpaired) electrons. The van der Waals surface area contributed by atoms with Crippen LogP contribution in [0.4, 0.5) is 14.4 Å². The molecule has 244 valence electrons. The van der Waals surface area contributed by atoms with Gasteiger partial charge in [0.15, 0.2) is 6.54 Å². The number of amides is 3. The third-order valence-electron chi connectivity index (χ3n) is 6.11. The van der Waals surface area contributed by atoms with Gasteiger partial charge in [0.25, 0.3) is 0 Å². The number of nitrogens with one attached hydrogen (secondary N) is 1. The van der Waals surface area contributed by atoms with Gasteiger partial charge in [0.1, 0.15) is 35.0 Å². The minimum Gasteiger partial charge on any atom is -0.456 e. The summed E-state index contributed by atoms with van der Waals surface area (Å²) in [6.07, 6.45) is -1.66. The van der Waals surface area contributed by atoms with Gasteiger partial charge in [-0.25, -0.2) is 18.9 Å². The third kappa shape index (κ3) is 13.6. The van der Waals surface area contributed by atoms with Crippen molar-refractivity contribution in [1.82, 2.24) is 15.1 Å². The molecule has 1 rings (SSSR count). The van der Waals surface area contributed by atoms with Crippen LogP contribution in [0.25, 0.3) is 0 Å². The van der Waals surface area contributed by atoms with Gasteiger partial charge in [0.2, 0.25) is 0 Å². The Hall–Kier alpha value is -2.60. The van der Waals surface area contributed by atoms with Crippen LogP contribution < -0.4 is 5.32 Å². The standard InChI is InChI=1S/C30H57N4O8/c1-22-20-33(25(37)41-29(8,9)10)18-17-32(24(36)40-28(5,6)7)16-14-31-15-19-34(22,26(38)42-30(11,12)13)21-23(35)39-27(2,3)4/h22,31H,14-21H2,1-13H3/q+1. The number of quaternary nitrogens is 1. The van der Waals surface area contributed by atoms with Gasteiger partial charge in [-0.15, -0.1) is 0 Å². The molecule has 1 saturated heterocycles. The maximum Gasteiger partial charge on any atom is 0.517 e. The number of hydrogen-bond donors (Lipinski definition) is 1. The van der Waals surface area contributed by atoms with E-state index in [1.807, 2.05) is 6.92 Å². The molecule has 0 aromatic heterocycles. The summed E-state index contributed by atoms with van der Waals surface area (Å²) >= 11 is 0. The van der Waals surface area contributed by atoms with Gasteiger partial charge < -0.3 is 34.1 Å². The highest BCUT2D eigenvalue weighted by molar-refractivity contribution is 5.74. The van der Waals surface area contributed by atoms with E-state index >= 15 is 0 Å². The first kappa shape index (κ1) is 37.4. The molecular formula is C30H57N4O8+. The smallest absolute Gasteiger partial charge is 0.456 e. The fourth-order valence-corrected chi connectivity index (χ4v) is 4.29. The van der Waals surface area contributed by atoms with E-state index in [1.165, 1.54) is 4.90 Å². The normalized spacial score (nSPS) is 21.9. The lowest BCUT2D eigenvalue weighted by molar-refractivity contribution is -0.873. The lowest BCUT2D eigenvalue weighted by Crippen LogP contribution is -2.67. The zero-order valence-corrected chi connectivity index (χ0v) is 28.3. The summed E-state index contributed by atoms with van der Waals surface area (Å²) in [6.45, 7) is 24.5. The van der Waals surface area contributed by atoms with E-state index < -0.39 is 57.2 Å². The average molecular weight is 602 g/mol. The number of nitrogens with zero attached hydrogens (tertiary/aromatic N) is 3. The summed E-state index contributed by atoms with van der Waals surface area (Å²) in [4.78, 5) is 56.6. The Balaban J connectivity index is 3.55. The molecule has 0 spiro atoms. The van der Waals surface area contributed by atoms with Crippen LogP contribution in [0.3, 0.4) is 0 Å². The minimum absolute atomic E-state index is 0.0547. The Bertz CT molecular complexity index is 943. The van der Waals surface area contributed by atoms with Crippen molar-refractivity contribution in [2.45, 2.75) is 118 Å². The van der Waals surface area contributed by atoms with Crippen molar-refractivity contribution in [3.8, 4) is 0 Å². The van der Waals surface area contributed by atoms with Crippen LogP contribution in [0.2, 0.25) is 0 Å². The van der Waals surface area contributed by atoms with Crippen molar-refractivity contribution in [3.63, 3.8) is 0 Å². The minimum atomic E-state index is -0.814. The van der Waals surface area contributed by atoms with E-state index in [-0.39, 0.29) is 32.7 Å². The highest BCUT2D eigenvalue weighted by Gasteiger charge is 2.49. The fourth-order valence-electron chi connectivity index (χ4n) is 4.29. The molecule has 1 fully saturated rings. The van der Waals surface area contributed by atoms with Crippen molar-refractivity contribution in [1.29, 1.82) is 0 Å². The second kappa shape index (κ2) is 14.2. The molecule has 1 aliphatic heterocycles. The second-order valence-electron chi connectivity index (χ2n) is 15.0. The molecular weight excluding hydrogens is 544 g/mol. The molecule has 42 heavy (non-hydrogen) atoms. The van der Waals surface area contributed by atoms with Crippen LogP contribution >= 0.6 is 0 Å². The Morgan fingerprint density at radius 2 is 1.12 bits per heavy atom. The predicted molar refractivity (Wildman–Crippen MR) is 160 cm³/mol. The van der Waals surface area contributed by atoms with E-state index in [0.717, 1.165) is 0 Å². The third-order valence-corrected chi connectivity index (χ3v) is 6.11. The monoisotopic (exact) mass is 601 g/mol. The number of carbonyl (C=O) groups excluding carboxylic acids is 4. The van der Waals surface area contributed by atoms with Crippen LogP contribution in [0.1, 0.15) is 90.0 Å². The molecule has 0 aromatic rings. The first-order valence-corrected chi connectivity index (χ1v) is 14.8. The largest absolute Gasteiger partial charge is 0.517 e. The average Bonchev–Trinajstić information content (AvgIpc) is 2.72. The summed E-state index contributed by atoms with van der Waals surface area (Å²) in [5, 5.41) is 3.30. The van der Waals surface area contributed by atoms with E-state index in [2.05, 4.69) is 5.32 Å². The van der Waals surface area contributed by atoms with Gasteiger partial charge in [-0.1, -0.05) is 0 Å². The lowest BCUT2D eigenvalue weighted by Gasteiger charge is -2.42. The lowest BCUT2D eigenvalue weighted by atomic mass is 10.1. The van der Waals surface area contributed by atoms with E-state index in [4.69, 9.17) is 18.9 Å². The number of ether oxygens (including phenoxy) is 4. The summed E-state index contributed by atoms with van der Waals surface area (Å²) in [6, 6.07) is -0.601. The number of carbonyl (C=O) groups is 4. The van der Waals surface area contributed by atoms with Crippen molar-refractivity contribution in [2.75, 3.05) is 52.4 Å². The molecule has 1 N–H and O–H groups in total. The maximum atomic E-state index is 14.0. The number of hydrogen-bond acceptors (Lipinski definition) is 9. The van der Waals surface area contributed by atoms with Crippen LogP contribution in [-0.4, -0.2) is 119 Å². The van der Waals surface area contributed by atoms with E-state index in [1.54, 1.807) is 88.0 Å². The van der Waals surface area contributed by atoms with Crippen LogP contribution in [0.5, 0.6) is 0 Å². The highest BCUT2D eigenvalue weighted by Crippen LogP contribution is 2.24. The zero-order chi connectivity index (χ0) is 32.7. The molecule has 0 saturated carbocycles. The molecule has 12 heteroatoms. The SMILES string of the molecule is CC1CN(C(=O)OC(C)(C)C)CCN(C(=O)OC(C)(C)C)CCNCC[N+]1(CC(=O)OC(C)(C)C)C(=O)OC(C)(C)C. The summed E-state index contributed by atoms with van der Waals surface area (Å²) < 4.78 is 22.4. The molecule has 2 atom stereocenters. The summed E-state index contributed by atoms with van der Waals surface area (Å²) in [7, 11) is 0. The highest BCUT2D eigenvalue weighted by atomic mass is 16.6. The molecule has 1 heterocycles. The Morgan fingerprint density at radius 1 is 0.667 bits per heavy atom. The van der Waals surface area contributed by atoms with Crippen molar-refractivity contribution in [3.05, 3.63) is 0 Å². The van der Waals surface area contributed by atoms with Crippen molar-refractivity contribution >= 4 is 24.2 Å². The fraction of sp³-hybridized carbons (Fsp3) is 0.867. The molecule has 0 aromatic carbocycles. The topological polar surface area (TPSA) is 124 Å². The predicted octanol–water partition coefficient (Wildman–Crippen LogP) is 4.55. The van der Waals surface area contributed by atoms with Gasteiger partial charge >= 0.3 is 24.2 Å². The molecule has 12 nitrogen and oxygen atoms in total. The molecule has 3 amide bonds. The number of esters is 1. The first-order chi connectivity index (χ1) is 18.8. The molecule has 0 aliphatic carbocycles. The van der Waals surface area contributed by atoms with Gasteiger partial charge in [-0.3, -0.25) is 0 Å². The van der Waals surface area contributed by atoms with Crippen LogP contribution in [0.15, 0.2) is 0 Å². The molecule has 0 bridgehead atoms. The quantitative estimate of drug-likeness (QED) is 0.276. The van der Waals surface area contributed by atoms with E-state index in [9.17, 15) is 19.2 Å². The van der Waals surface area contributed by atoms with Gasteiger partial charge in [0.05, 0.1) is 6.54 Å². The van der Waals surface area contributed by atoms with Gasteiger partial charge in [-0.2, -0.15) is 4.79 Å².